The molecule has 7 heteroatoms. The molecule has 0 saturated heterocycles. The molecule has 24 heavy (non-hydrogen) atoms. The average Bonchev–Trinajstić information content (AvgIpc) is 2.78. The van der Waals surface area contributed by atoms with Gasteiger partial charge in [-0.25, -0.2) is 9.69 Å². The second kappa shape index (κ2) is 5.62. The highest BCUT2D eigenvalue weighted by Crippen LogP contribution is 2.30. The van der Waals surface area contributed by atoms with Gasteiger partial charge in [0.25, 0.3) is 11.8 Å². The Morgan fingerprint density at radius 2 is 1.71 bits per heavy atom. The van der Waals surface area contributed by atoms with Crippen LogP contribution in [-0.2, 0) is 4.79 Å². The van der Waals surface area contributed by atoms with Gasteiger partial charge in [0, 0.05) is 12.6 Å². The number of imide groups is 1. The SMILES string of the molecule is CC(=O)Nc1ccc2c(c1)C(=O)N(c1cccc(C(=O)O)c1)C2=O. The molecule has 1 aliphatic rings. The summed E-state index contributed by atoms with van der Waals surface area (Å²) in [6.07, 6.45) is 0. The van der Waals surface area contributed by atoms with Gasteiger partial charge in [-0.15, -0.1) is 0 Å². The third-order valence-electron chi connectivity index (χ3n) is 3.56. The Balaban J connectivity index is 2.02. The molecule has 0 atom stereocenters. The molecule has 2 aromatic carbocycles. The number of carboxylic acids is 1. The van der Waals surface area contributed by atoms with Crippen molar-refractivity contribution in [2.24, 2.45) is 0 Å². The summed E-state index contributed by atoms with van der Waals surface area (Å²) in [6, 6.07) is 10.0. The molecule has 3 rings (SSSR count). The molecule has 0 bridgehead atoms. The molecule has 2 aromatic rings. The van der Waals surface area contributed by atoms with Gasteiger partial charge in [-0.05, 0) is 36.4 Å². The Kier molecular flexibility index (Phi) is 3.61. The zero-order valence-electron chi connectivity index (χ0n) is 12.6. The highest BCUT2D eigenvalue weighted by molar-refractivity contribution is 6.34. The van der Waals surface area contributed by atoms with E-state index in [1.165, 1.54) is 49.4 Å². The van der Waals surface area contributed by atoms with Crippen LogP contribution in [0.3, 0.4) is 0 Å². The van der Waals surface area contributed by atoms with E-state index in [4.69, 9.17) is 5.11 Å². The summed E-state index contributed by atoms with van der Waals surface area (Å²) in [5, 5.41) is 11.6. The zero-order valence-corrected chi connectivity index (χ0v) is 12.6. The number of aromatic carboxylic acids is 1. The van der Waals surface area contributed by atoms with Gasteiger partial charge < -0.3 is 10.4 Å². The predicted molar refractivity (Wildman–Crippen MR) is 85.3 cm³/mol. The van der Waals surface area contributed by atoms with Crippen molar-refractivity contribution in [1.29, 1.82) is 0 Å². The number of rotatable bonds is 3. The molecule has 0 radical (unpaired) electrons. The number of nitrogens with one attached hydrogen (secondary N) is 1. The first-order chi connectivity index (χ1) is 11.4. The van der Waals surface area contributed by atoms with Crippen molar-refractivity contribution in [3.8, 4) is 0 Å². The van der Waals surface area contributed by atoms with Crippen LogP contribution in [0.1, 0.15) is 38.0 Å². The van der Waals surface area contributed by atoms with Gasteiger partial charge in [-0.2, -0.15) is 0 Å². The summed E-state index contributed by atoms with van der Waals surface area (Å²) < 4.78 is 0. The first-order valence-corrected chi connectivity index (χ1v) is 7.02. The maximum Gasteiger partial charge on any atom is 0.335 e. The molecule has 0 spiro atoms. The molecule has 2 N–H and O–H groups in total. The monoisotopic (exact) mass is 324 g/mol. The number of hydrogen-bond donors (Lipinski definition) is 2. The molecule has 120 valence electrons. The first-order valence-electron chi connectivity index (χ1n) is 7.02. The highest BCUT2D eigenvalue weighted by Gasteiger charge is 2.37. The molecule has 0 fully saturated rings. The minimum absolute atomic E-state index is 0.0250. The van der Waals surface area contributed by atoms with Crippen molar-refractivity contribution >= 4 is 35.1 Å². The lowest BCUT2D eigenvalue weighted by atomic mass is 10.1. The molecular weight excluding hydrogens is 312 g/mol. The number of amides is 3. The largest absolute Gasteiger partial charge is 0.478 e. The molecule has 1 aliphatic heterocycles. The number of carbonyl (C=O) groups excluding carboxylic acids is 3. The van der Waals surface area contributed by atoms with Gasteiger partial charge >= 0.3 is 5.97 Å². The van der Waals surface area contributed by atoms with Gasteiger partial charge in [0.15, 0.2) is 0 Å². The van der Waals surface area contributed by atoms with Crippen molar-refractivity contribution in [1.82, 2.24) is 0 Å². The van der Waals surface area contributed by atoms with E-state index in [9.17, 15) is 19.2 Å². The Bertz CT molecular complexity index is 904. The second-order valence-corrected chi connectivity index (χ2v) is 5.24. The molecule has 3 amide bonds. The molecule has 1 heterocycles. The van der Waals surface area contributed by atoms with E-state index < -0.39 is 17.8 Å². The number of fused-ring (bicyclic) bond motifs is 1. The Labute approximate surface area is 136 Å². The van der Waals surface area contributed by atoms with E-state index in [1.54, 1.807) is 0 Å². The van der Waals surface area contributed by atoms with Crippen LogP contribution in [0.2, 0.25) is 0 Å². The fourth-order valence-corrected chi connectivity index (χ4v) is 2.53. The number of benzene rings is 2. The minimum atomic E-state index is -1.15. The van der Waals surface area contributed by atoms with Gasteiger partial charge in [-0.1, -0.05) is 6.07 Å². The topological polar surface area (TPSA) is 104 Å². The second-order valence-electron chi connectivity index (χ2n) is 5.24. The number of carbonyl (C=O) groups is 4. The summed E-state index contributed by atoms with van der Waals surface area (Å²) in [4.78, 5) is 48.2. The lowest BCUT2D eigenvalue weighted by molar-refractivity contribution is -0.114. The molecule has 0 aromatic heterocycles. The van der Waals surface area contributed by atoms with E-state index in [1.807, 2.05) is 0 Å². The fraction of sp³-hybridized carbons (Fsp3) is 0.0588. The summed E-state index contributed by atoms with van der Waals surface area (Å²) in [5.41, 5.74) is 0.926. The van der Waals surface area contributed by atoms with Crippen molar-refractivity contribution in [2.75, 3.05) is 10.2 Å². The Morgan fingerprint density at radius 1 is 1.00 bits per heavy atom. The molecule has 0 unspecified atom stereocenters. The molecule has 7 nitrogen and oxygen atoms in total. The summed E-state index contributed by atoms with van der Waals surface area (Å²) in [7, 11) is 0. The van der Waals surface area contributed by atoms with Crippen LogP contribution >= 0.6 is 0 Å². The summed E-state index contributed by atoms with van der Waals surface area (Å²) in [5.74, 6) is -2.55. The van der Waals surface area contributed by atoms with Crippen LogP contribution in [0.15, 0.2) is 42.5 Å². The van der Waals surface area contributed by atoms with Crippen molar-refractivity contribution in [3.63, 3.8) is 0 Å². The van der Waals surface area contributed by atoms with Crippen LogP contribution in [0, 0.1) is 0 Å². The van der Waals surface area contributed by atoms with Crippen LogP contribution in [0.5, 0.6) is 0 Å². The van der Waals surface area contributed by atoms with E-state index >= 15 is 0 Å². The maximum atomic E-state index is 12.6. The van der Waals surface area contributed by atoms with Crippen LogP contribution < -0.4 is 10.2 Å². The fourth-order valence-electron chi connectivity index (χ4n) is 2.53. The highest BCUT2D eigenvalue weighted by atomic mass is 16.4. The lowest BCUT2D eigenvalue weighted by Gasteiger charge is -2.14. The van der Waals surface area contributed by atoms with Gasteiger partial charge in [0.05, 0.1) is 22.4 Å². The van der Waals surface area contributed by atoms with Crippen LogP contribution in [0.4, 0.5) is 11.4 Å². The van der Waals surface area contributed by atoms with Gasteiger partial charge in [0.1, 0.15) is 0 Å². The Hall–Kier alpha value is -3.48. The average molecular weight is 324 g/mol. The van der Waals surface area contributed by atoms with Crippen LogP contribution in [-0.4, -0.2) is 28.8 Å². The minimum Gasteiger partial charge on any atom is -0.478 e. The zero-order chi connectivity index (χ0) is 17.4. The van der Waals surface area contributed by atoms with Crippen molar-refractivity contribution in [2.45, 2.75) is 6.92 Å². The van der Waals surface area contributed by atoms with E-state index in [2.05, 4.69) is 5.32 Å². The Morgan fingerprint density at radius 3 is 2.38 bits per heavy atom. The quantitative estimate of drug-likeness (QED) is 0.842. The first kappa shape index (κ1) is 15.4. The molecular formula is C17H12N2O5. The number of anilines is 2. The maximum absolute atomic E-state index is 12.6. The van der Waals surface area contributed by atoms with Crippen molar-refractivity contribution in [3.05, 3.63) is 59.2 Å². The predicted octanol–water partition coefficient (Wildman–Crippen LogP) is 2.14. The van der Waals surface area contributed by atoms with Crippen molar-refractivity contribution < 1.29 is 24.3 Å². The molecule has 0 saturated carbocycles. The van der Waals surface area contributed by atoms with E-state index in [0.29, 0.717) is 5.69 Å². The standard InChI is InChI=1S/C17H12N2O5/c1-9(20)18-11-5-6-13-14(8-11)16(22)19(15(13)21)12-4-2-3-10(7-12)17(23)24/h2-8H,1H3,(H,18,20)(H,23,24). The van der Waals surface area contributed by atoms with E-state index in [0.717, 1.165) is 4.90 Å². The van der Waals surface area contributed by atoms with Crippen LogP contribution in [0.25, 0.3) is 0 Å². The van der Waals surface area contributed by atoms with E-state index in [-0.39, 0.29) is 28.3 Å². The lowest BCUT2D eigenvalue weighted by Crippen LogP contribution is -2.29. The molecule has 0 aliphatic carbocycles. The third kappa shape index (κ3) is 2.52. The van der Waals surface area contributed by atoms with Gasteiger partial charge in [0.2, 0.25) is 5.91 Å². The number of nitrogens with zero attached hydrogens (tertiary/aromatic N) is 1. The van der Waals surface area contributed by atoms with Gasteiger partial charge in [-0.3, -0.25) is 14.4 Å². The smallest absolute Gasteiger partial charge is 0.335 e. The third-order valence-corrected chi connectivity index (χ3v) is 3.56. The number of carboxylic acid groups (broad SMARTS) is 1. The normalized spacial score (nSPS) is 13.0. The summed E-state index contributed by atoms with van der Waals surface area (Å²) in [6.45, 7) is 1.34. The summed E-state index contributed by atoms with van der Waals surface area (Å²) >= 11 is 0. The number of hydrogen-bond acceptors (Lipinski definition) is 4.